The molecular formula is C11H8F2O. The minimum Gasteiger partial charge on any atom is -0.434 e. The Kier molecular flexibility index (Phi) is 2.31. The second-order valence-corrected chi connectivity index (χ2v) is 2.86. The van der Waals surface area contributed by atoms with Gasteiger partial charge in [0.1, 0.15) is 5.75 Å². The smallest absolute Gasteiger partial charge is 0.387 e. The van der Waals surface area contributed by atoms with Crippen molar-refractivity contribution in [3.8, 4) is 5.75 Å². The summed E-state index contributed by atoms with van der Waals surface area (Å²) in [6.07, 6.45) is 0. The van der Waals surface area contributed by atoms with Gasteiger partial charge in [-0.1, -0.05) is 36.4 Å². The molecule has 72 valence electrons. The fraction of sp³-hybridized carbons (Fsp3) is 0.0909. The van der Waals surface area contributed by atoms with Crippen molar-refractivity contribution in [1.82, 2.24) is 0 Å². The van der Waals surface area contributed by atoms with E-state index in [1.54, 1.807) is 18.2 Å². The molecule has 0 heterocycles. The van der Waals surface area contributed by atoms with Crippen molar-refractivity contribution in [2.24, 2.45) is 0 Å². The van der Waals surface area contributed by atoms with E-state index in [9.17, 15) is 8.78 Å². The van der Waals surface area contributed by atoms with Gasteiger partial charge in [0.2, 0.25) is 0 Å². The number of fused-ring (bicyclic) bond motifs is 1. The van der Waals surface area contributed by atoms with E-state index in [0.29, 0.717) is 5.39 Å². The Balaban J connectivity index is 2.53. The number of hydrogen-bond acceptors (Lipinski definition) is 1. The molecule has 3 heteroatoms. The van der Waals surface area contributed by atoms with Crippen LogP contribution in [0.4, 0.5) is 8.78 Å². The highest BCUT2D eigenvalue weighted by Gasteiger charge is 2.06. The zero-order chi connectivity index (χ0) is 9.97. The molecule has 2 aromatic rings. The Morgan fingerprint density at radius 2 is 1.64 bits per heavy atom. The molecule has 0 atom stereocenters. The van der Waals surface area contributed by atoms with Crippen LogP contribution in [0.5, 0.6) is 5.75 Å². The highest BCUT2D eigenvalue weighted by atomic mass is 19.3. The number of halogens is 2. The molecule has 0 fully saturated rings. The fourth-order valence-corrected chi connectivity index (χ4v) is 1.39. The monoisotopic (exact) mass is 194 g/mol. The minimum absolute atomic E-state index is 0.220. The molecular weight excluding hydrogens is 186 g/mol. The van der Waals surface area contributed by atoms with Gasteiger partial charge in [-0.05, 0) is 11.5 Å². The molecule has 0 aliphatic carbocycles. The van der Waals surface area contributed by atoms with Crippen molar-refractivity contribution in [3.05, 3.63) is 42.5 Å². The van der Waals surface area contributed by atoms with Crippen LogP contribution in [0.1, 0.15) is 0 Å². The Morgan fingerprint density at radius 1 is 0.929 bits per heavy atom. The van der Waals surface area contributed by atoms with Crippen molar-refractivity contribution >= 4 is 10.8 Å². The van der Waals surface area contributed by atoms with Crippen LogP contribution in [0.15, 0.2) is 42.5 Å². The average Bonchev–Trinajstić information content (AvgIpc) is 2.18. The SMILES string of the molecule is FC(F)Oc1cccc2ccccc12. The number of alkyl halides is 2. The van der Waals surface area contributed by atoms with Gasteiger partial charge in [0, 0.05) is 5.39 Å². The van der Waals surface area contributed by atoms with Crippen LogP contribution in [0, 0.1) is 0 Å². The number of rotatable bonds is 2. The molecule has 0 amide bonds. The van der Waals surface area contributed by atoms with Gasteiger partial charge in [-0.3, -0.25) is 0 Å². The van der Waals surface area contributed by atoms with Crippen LogP contribution in [0.3, 0.4) is 0 Å². The first-order chi connectivity index (χ1) is 6.77. The summed E-state index contributed by atoms with van der Waals surface area (Å²) in [6.45, 7) is -2.78. The highest BCUT2D eigenvalue weighted by molar-refractivity contribution is 5.88. The van der Waals surface area contributed by atoms with Crippen LogP contribution in [0.2, 0.25) is 0 Å². The highest BCUT2D eigenvalue weighted by Crippen LogP contribution is 2.26. The molecule has 0 saturated heterocycles. The summed E-state index contributed by atoms with van der Waals surface area (Å²) in [5.74, 6) is 0.220. The third-order valence-electron chi connectivity index (χ3n) is 1.97. The van der Waals surface area contributed by atoms with Crippen molar-refractivity contribution in [3.63, 3.8) is 0 Å². The number of hydrogen-bond donors (Lipinski definition) is 0. The standard InChI is InChI=1S/C11H8F2O/c12-11(13)14-10-7-3-5-8-4-1-2-6-9(8)10/h1-7,11H. The summed E-state index contributed by atoms with van der Waals surface area (Å²) in [5, 5.41) is 1.60. The van der Waals surface area contributed by atoms with Crippen LogP contribution < -0.4 is 4.74 Å². The minimum atomic E-state index is -2.78. The van der Waals surface area contributed by atoms with Crippen molar-refractivity contribution in [2.75, 3.05) is 0 Å². The topological polar surface area (TPSA) is 9.23 Å². The lowest BCUT2D eigenvalue weighted by molar-refractivity contribution is -0.0487. The third-order valence-corrected chi connectivity index (χ3v) is 1.97. The molecule has 0 aromatic heterocycles. The molecule has 0 unspecified atom stereocenters. The molecule has 0 saturated carbocycles. The van der Waals surface area contributed by atoms with Crippen LogP contribution in [-0.2, 0) is 0 Å². The van der Waals surface area contributed by atoms with Gasteiger partial charge >= 0.3 is 6.61 Å². The van der Waals surface area contributed by atoms with Gasteiger partial charge < -0.3 is 4.74 Å². The molecule has 0 spiro atoms. The van der Waals surface area contributed by atoms with Crippen molar-refractivity contribution < 1.29 is 13.5 Å². The Morgan fingerprint density at radius 3 is 2.43 bits per heavy atom. The molecule has 0 aliphatic rings. The first kappa shape index (κ1) is 8.94. The largest absolute Gasteiger partial charge is 0.434 e. The summed E-state index contributed by atoms with van der Waals surface area (Å²) in [7, 11) is 0. The summed E-state index contributed by atoms with van der Waals surface area (Å²) in [4.78, 5) is 0. The summed E-state index contributed by atoms with van der Waals surface area (Å²) in [5.41, 5.74) is 0. The zero-order valence-electron chi connectivity index (χ0n) is 7.28. The maximum absolute atomic E-state index is 12.0. The summed E-state index contributed by atoms with van der Waals surface area (Å²) in [6, 6.07) is 12.3. The quantitative estimate of drug-likeness (QED) is 0.711. The Bertz CT molecular complexity index is 435. The van der Waals surface area contributed by atoms with E-state index >= 15 is 0 Å². The van der Waals surface area contributed by atoms with E-state index in [4.69, 9.17) is 0 Å². The summed E-state index contributed by atoms with van der Waals surface area (Å²) < 4.78 is 28.4. The van der Waals surface area contributed by atoms with E-state index < -0.39 is 6.61 Å². The van der Waals surface area contributed by atoms with E-state index in [2.05, 4.69) is 4.74 Å². The van der Waals surface area contributed by atoms with Crippen LogP contribution in [-0.4, -0.2) is 6.61 Å². The van der Waals surface area contributed by atoms with Crippen LogP contribution in [0.25, 0.3) is 10.8 Å². The molecule has 0 aliphatic heterocycles. The van der Waals surface area contributed by atoms with Gasteiger partial charge in [0.25, 0.3) is 0 Å². The van der Waals surface area contributed by atoms with Gasteiger partial charge in [-0.2, -0.15) is 8.78 Å². The van der Waals surface area contributed by atoms with Gasteiger partial charge in [0.15, 0.2) is 0 Å². The maximum Gasteiger partial charge on any atom is 0.387 e. The zero-order valence-corrected chi connectivity index (χ0v) is 7.28. The molecule has 0 bridgehead atoms. The fourth-order valence-electron chi connectivity index (χ4n) is 1.39. The van der Waals surface area contributed by atoms with Crippen LogP contribution >= 0.6 is 0 Å². The molecule has 2 aromatic carbocycles. The normalized spacial score (nSPS) is 10.8. The predicted molar refractivity (Wildman–Crippen MR) is 50.6 cm³/mol. The first-order valence-corrected chi connectivity index (χ1v) is 4.20. The van der Waals surface area contributed by atoms with Gasteiger partial charge in [-0.25, -0.2) is 0 Å². The second-order valence-electron chi connectivity index (χ2n) is 2.86. The van der Waals surface area contributed by atoms with E-state index in [1.165, 1.54) is 6.07 Å². The van der Waals surface area contributed by atoms with E-state index in [-0.39, 0.29) is 5.75 Å². The summed E-state index contributed by atoms with van der Waals surface area (Å²) >= 11 is 0. The third kappa shape index (κ3) is 1.66. The van der Waals surface area contributed by atoms with E-state index in [1.807, 2.05) is 18.2 Å². The Labute approximate surface area is 79.9 Å². The van der Waals surface area contributed by atoms with Crippen molar-refractivity contribution in [2.45, 2.75) is 6.61 Å². The average molecular weight is 194 g/mol. The van der Waals surface area contributed by atoms with E-state index in [0.717, 1.165) is 5.39 Å². The van der Waals surface area contributed by atoms with Gasteiger partial charge in [0.05, 0.1) is 0 Å². The molecule has 0 N–H and O–H groups in total. The molecule has 1 nitrogen and oxygen atoms in total. The lowest BCUT2D eigenvalue weighted by Gasteiger charge is -2.07. The first-order valence-electron chi connectivity index (χ1n) is 4.20. The predicted octanol–water partition coefficient (Wildman–Crippen LogP) is 3.44. The molecule has 0 radical (unpaired) electrons. The number of ether oxygens (including phenoxy) is 1. The van der Waals surface area contributed by atoms with Crippen molar-refractivity contribution in [1.29, 1.82) is 0 Å². The lowest BCUT2D eigenvalue weighted by atomic mass is 10.1. The Hall–Kier alpha value is -1.64. The molecule has 2 rings (SSSR count). The maximum atomic E-state index is 12.0. The number of benzene rings is 2. The van der Waals surface area contributed by atoms with Gasteiger partial charge in [-0.15, -0.1) is 0 Å². The molecule has 14 heavy (non-hydrogen) atoms. The lowest BCUT2D eigenvalue weighted by Crippen LogP contribution is -2.01. The second kappa shape index (κ2) is 3.62.